The summed E-state index contributed by atoms with van der Waals surface area (Å²) in [5.41, 5.74) is 0.0200. The van der Waals surface area contributed by atoms with Gasteiger partial charge in [-0.05, 0) is 44.2 Å². The molecule has 0 saturated carbocycles. The fourth-order valence-electron chi connectivity index (χ4n) is 3.27. The Bertz CT molecular complexity index is 1170. The highest BCUT2D eigenvalue weighted by molar-refractivity contribution is 7.99. The molecule has 3 aromatic rings. The molecular weight excluding hydrogens is 460 g/mol. The summed E-state index contributed by atoms with van der Waals surface area (Å²) in [6.07, 6.45) is -0.888. The van der Waals surface area contributed by atoms with Gasteiger partial charge in [0, 0.05) is 27.8 Å². The smallest absolute Gasteiger partial charge is 0.345 e. The van der Waals surface area contributed by atoms with Crippen LogP contribution in [0, 0.1) is 0 Å². The molecule has 9 heteroatoms. The number of ether oxygens (including phenoxy) is 2. The van der Waals surface area contributed by atoms with Crippen LogP contribution in [0.3, 0.4) is 0 Å². The molecule has 180 valence electrons. The molecule has 1 unspecified atom stereocenters. The summed E-state index contributed by atoms with van der Waals surface area (Å²) in [5.74, 6) is -0.736. The molecular formula is C25H26O8S. The molecule has 1 atom stereocenters. The number of thioether (sulfide) groups is 1. The number of aliphatic hydroxyl groups is 1. The number of benzene rings is 2. The van der Waals surface area contributed by atoms with Crippen LogP contribution in [-0.2, 0) is 16.1 Å². The van der Waals surface area contributed by atoms with Crippen molar-refractivity contribution in [2.24, 2.45) is 0 Å². The Morgan fingerprint density at radius 1 is 1.12 bits per heavy atom. The van der Waals surface area contributed by atoms with Crippen LogP contribution in [-0.4, -0.2) is 39.8 Å². The number of aliphatic hydroxyl groups excluding tert-OH is 1. The van der Waals surface area contributed by atoms with E-state index in [1.54, 1.807) is 6.07 Å². The molecule has 0 radical (unpaired) electrons. The molecule has 0 spiro atoms. The van der Waals surface area contributed by atoms with E-state index in [0.29, 0.717) is 16.9 Å². The molecule has 1 heterocycles. The van der Waals surface area contributed by atoms with E-state index in [9.17, 15) is 19.8 Å². The first-order valence-corrected chi connectivity index (χ1v) is 11.6. The second-order valence-corrected chi connectivity index (χ2v) is 8.75. The van der Waals surface area contributed by atoms with Crippen molar-refractivity contribution in [1.29, 1.82) is 0 Å². The van der Waals surface area contributed by atoms with Crippen molar-refractivity contribution in [1.82, 2.24) is 0 Å². The molecule has 3 rings (SSSR count). The van der Waals surface area contributed by atoms with Gasteiger partial charge >= 0.3 is 11.6 Å². The zero-order valence-electron chi connectivity index (χ0n) is 18.8. The lowest BCUT2D eigenvalue weighted by Gasteiger charge is -2.20. The first-order chi connectivity index (χ1) is 16.3. The van der Waals surface area contributed by atoms with Gasteiger partial charge in [-0.3, -0.25) is 0 Å². The van der Waals surface area contributed by atoms with Crippen molar-refractivity contribution < 1.29 is 34.0 Å². The average molecular weight is 487 g/mol. The van der Waals surface area contributed by atoms with Crippen LogP contribution in [0.2, 0.25) is 0 Å². The number of hydrogen-bond acceptors (Lipinski definition) is 8. The maximum atomic E-state index is 12.9. The largest absolute Gasteiger partial charge is 0.507 e. The van der Waals surface area contributed by atoms with Gasteiger partial charge in [-0.25, -0.2) is 9.59 Å². The number of hydrogen-bond donors (Lipinski definition) is 3. The summed E-state index contributed by atoms with van der Waals surface area (Å²) in [7, 11) is 0. The second kappa shape index (κ2) is 11.7. The van der Waals surface area contributed by atoms with Crippen LogP contribution in [0.4, 0.5) is 0 Å². The summed E-state index contributed by atoms with van der Waals surface area (Å²) in [4.78, 5) is 24.7. The Morgan fingerprint density at radius 3 is 2.47 bits per heavy atom. The molecule has 0 fully saturated rings. The predicted molar refractivity (Wildman–Crippen MR) is 127 cm³/mol. The molecule has 0 aliphatic rings. The van der Waals surface area contributed by atoms with Crippen LogP contribution in [0.1, 0.15) is 31.1 Å². The molecule has 1 aromatic heterocycles. The molecule has 3 N–H and O–H groups in total. The molecule has 0 aliphatic carbocycles. The van der Waals surface area contributed by atoms with Crippen LogP contribution in [0.15, 0.2) is 68.7 Å². The van der Waals surface area contributed by atoms with E-state index in [1.807, 2.05) is 44.2 Å². The van der Waals surface area contributed by atoms with Crippen LogP contribution < -0.4 is 10.4 Å². The number of rotatable bonds is 11. The monoisotopic (exact) mass is 486 g/mol. The summed E-state index contributed by atoms with van der Waals surface area (Å²) >= 11 is 1.50. The fraction of sp³-hybridized carbons (Fsp3) is 0.280. The maximum absolute atomic E-state index is 12.9. The number of aromatic hydroxyl groups is 1. The van der Waals surface area contributed by atoms with Crippen LogP contribution >= 0.6 is 11.8 Å². The first-order valence-electron chi connectivity index (χ1n) is 10.6. The van der Waals surface area contributed by atoms with Crippen molar-refractivity contribution in [3.63, 3.8) is 0 Å². The van der Waals surface area contributed by atoms with Crippen LogP contribution in [0.25, 0.3) is 11.3 Å². The number of carboxylic acids is 1. The highest BCUT2D eigenvalue weighted by atomic mass is 32.2. The minimum atomic E-state index is -1.15. The molecule has 0 saturated heterocycles. The van der Waals surface area contributed by atoms with E-state index in [0.717, 1.165) is 4.90 Å². The number of aliphatic carboxylic acids is 1. The standard InChI is InChI=1S/C25H26O8S/c1-15(2)32-22(14-34-18-6-4-3-5-7-18)24-19(27)11-21(33-25(24)30)16-8-9-20(17(10-16)12-26)31-13-23(28)29/h3-11,15,22,26-27H,12-14H2,1-2H3,(H,28,29). The molecule has 34 heavy (non-hydrogen) atoms. The van der Waals surface area contributed by atoms with E-state index < -0.39 is 30.9 Å². The van der Waals surface area contributed by atoms with Crippen molar-refractivity contribution >= 4 is 17.7 Å². The zero-order valence-corrected chi connectivity index (χ0v) is 19.6. The van der Waals surface area contributed by atoms with E-state index in [-0.39, 0.29) is 28.9 Å². The van der Waals surface area contributed by atoms with Gasteiger partial charge < -0.3 is 29.2 Å². The number of carboxylic acid groups (broad SMARTS) is 1. The van der Waals surface area contributed by atoms with Gasteiger partial charge in [0.25, 0.3) is 0 Å². The van der Waals surface area contributed by atoms with E-state index in [2.05, 4.69) is 0 Å². The lowest BCUT2D eigenvalue weighted by molar-refractivity contribution is -0.139. The molecule has 0 bridgehead atoms. The van der Waals surface area contributed by atoms with Gasteiger partial charge in [-0.15, -0.1) is 11.8 Å². The van der Waals surface area contributed by atoms with Gasteiger partial charge in [0.15, 0.2) is 6.61 Å². The summed E-state index contributed by atoms with van der Waals surface area (Å²) < 4.78 is 16.6. The number of carbonyl (C=O) groups is 1. The molecule has 2 aromatic carbocycles. The van der Waals surface area contributed by atoms with Crippen molar-refractivity contribution in [3.05, 3.63) is 76.1 Å². The third-order valence-electron chi connectivity index (χ3n) is 4.74. The zero-order chi connectivity index (χ0) is 24.7. The topological polar surface area (TPSA) is 126 Å². The Hall–Kier alpha value is -3.27. The summed E-state index contributed by atoms with van der Waals surface area (Å²) in [6.45, 7) is 2.71. The molecule has 0 aliphatic heterocycles. The van der Waals surface area contributed by atoms with Gasteiger partial charge in [0.2, 0.25) is 0 Å². The van der Waals surface area contributed by atoms with Gasteiger partial charge in [0.05, 0.1) is 12.7 Å². The second-order valence-electron chi connectivity index (χ2n) is 7.66. The molecule has 0 amide bonds. The predicted octanol–water partition coefficient (Wildman–Crippen LogP) is 4.23. The van der Waals surface area contributed by atoms with E-state index >= 15 is 0 Å². The Morgan fingerprint density at radius 2 is 1.85 bits per heavy atom. The normalized spacial score (nSPS) is 12.0. The minimum absolute atomic E-state index is 0.0321. The summed E-state index contributed by atoms with van der Waals surface area (Å²) in [5, 5.41) is 29.2. The van der Waals surface area contributed by atoms with Crippen LogP contribution in [0.5, 0.6) is 11.5 Å². The Labute approximate surface area is 200 Å². The average Bonchev–Trinajstić information content (AvgIpc) is 2.80. The third-order valence-corrected chi connectivity index (χ3v) is 5.81. The fourth-order valence-corrected chi connectivity index (χ4v) is 4.21. The Kier molecular flexibility index (Phi) is 8.75. The first kappa shape index (κ1) is 25.4. The molecule has 8 nitrogen and oxygen atoms in total. The lowest BCUT2D eigenvalue weighted by atomic mass is 10.1. The van der Waals surface area contributed by atoms with E-state index in [1.165, 1.54) is 30.0 Å². The van der Waals surface area contributed by atoms with E-state index in [4.69, 9.17) is 19.0 Å². The lowest BCUT2D eigenvalue weighted by Crippen LogP contribution is -2.20. The van der Waals surface area contributed by atoms with Gasteiger partial charge in [-0.2, -0.15) is 0 Å². The SMILES string of the molecule is CC(C)OC(CSc1ccccc1)c1c(O)cc(-c2ccc(OCC(=O)O)c(CO)c2)oc1=O. The summed E-state index contributed by atoms with van der Waals surface area (Å²) in [6, 6.07) is 15.5. The van der Waals surface area contributed by atoms with Crippen molar-refractivity contribution in [3.8, 4) is 22.8 Å². The quantitative estimate of drug-likeness (QED) is 0.341. The highest BCUT2D eigenvalue weighted by Crippen LogP contribution is 2.34. The van der Waals surface area contributed by atoms with Crippen molar-refractivity contribution in [2.45, 2.75) is 37.6 Å². The highest BCUT2D eigenvalue weighted by Gasteiger charge is 2.24. The van der Waals surface area contributed by atoms with Gasteiger partial charge in [-0.1, -0.05) is 18.2 Å². The van der Waals surface area contributed by atoms with Gasteiger partial charge in [0.1, 0.15) is 28.9 Å². The third kappa shape index (κ3) is 6.63. The van der Waals surface area contributed by atoms with Crippen molar-refractivity contribution in [2.75, 3.05) is 12.4 Å². The Balaban J connectivity index is 1.90. The minimum Gasteiger partial charge on any atom is -0.507 e. The maximum Gasteiger partial charge on any atom is 0.345 e.